The van der Waals surface area contributed by atoms with Gasteiger partial charge in [-0.3, -0.25) is 0 Å². The largest absolute Gasteiger partial charge is 0.504 e. The van der Waals surface area contributed by atoms with Crippen molar-refractivity contribution >= 4 is 0 Å². The molecular formula is C13H19NO4. The van der Waals surface area contributed by atoms with Crippen molar-refractivity contribution in [1.82, 2.24) is 5.32 Å². The van der Waals surface area contributed by atoms with Crippen LogP contribution in [0.5, 0.6) is 17.2 Å². The quantitative estimate of drug-likeness (QED) is 0.611. The fourth-order valence-electron chi connectivity index (χ4n) is 2.44. The first-order valence-corrected chi connectivity index (χ1v) is 6.12. The van der Waals surface area contributed by atoms with Gasteiger partial charge in [-0.05, 0) is 25.3 Å². The molecule has 1 saturated carbocycles. The summed E-state index contributed by atoms with van der Waals surface area (Å²) in [4.78, 5) is 0. The maximum atomic E-state index is 9.69. The molecule has 0 aliphatic heterocycles. The average molecular weight is 253 g/mol. The number of phenolic OH excluding ortho intramolecular Hbond substituents is 3. The van der Waals surface area contributed by atoms with E-state index in [0.29, 0.717) is 12.1 Å². The van der Waals surface area contributed by atoms with Gasteiger partial charge >= 0.3 is 0 Å². The van der Waals surface area contributed by atoms with Crippen LogP contribution in [0.1, 0.15) is 24.8 Å². The minimum atomic E-state index is -0.469. The number of hydrogen-bond donors (Lipinski definition) is 4. The first kappa shape index (κ1) is 13.0. The van der Waals surface area contributed by atoms with Gasteiger partial charge in [-0.2, -0.15) is 0 Å². The van der Waals surface area contributed by atoms with E-state index in [4.69, 9.17) is 4.74 Å². The number of ether oxygens (including phenoxy) is 1. The Morgan fingerprint density at radius 1 is 1.22 bits per heavy atom. The SMILES string of the molecule is COC1CCCC1NCc1ccc(O)c(O)c1O. The molecule has 1 aromatic carbocycles. The summed E-state index contributed by atoms with van der Waals surface area (Å²) >= 11 is 0. The molecule has 0 amide bonds. The predicted octanol–water partition coefficient (Wildman–Crippen LogP) is 1.46. The van der Waals surface area contributed by atoms with Gasteiger partial charge in [0, 0.05) is 25.3 Å². The normalized spacial score (nSPS) is 23.4. The molecule has 2 atom stereocenters. The Balaban J connectivity index is 2.00. The average Bonchev–Trinajstić information content (AvgIpc) is 2.82. The summed E-state index contributed by atoms with van der Waals surface area (Å²) in [5, 5.41) is 31.7. The predicted molar refractivity (Wildman–Crippen MR) is 66.7 cm³/mol. The molecular weight excluding hydrogens is 234 g/mol. The molecule has 5 nitrogen and oxygen atoms in total. The number of aromatic hydroxyl groups is 3. The minimum absolute atomic E-state index is 0.206. The van der Waals surface area contributed by atoms with Crippen LogP contribution in [0.3, 0.4) is 0 Å². The van der Waals surface area contributed by atoms with Gasteiger partial charge in [0.1, 0.15) is 0 Å². The second-order valence-electron chi connectivity index (χ2n) is 4.63. The van der Waals surface area contributed by atoms with E-state index in [2.05, 4.69) is 5.32 Å². The molecule has 0 heterocycles. The standard InChI is InChI=1S/C13H19NO4/c1-18-11-4-2-3-9(11)14-7-8-5-6-10(15)13(17)12(8)16/h5-6,9,11,14-17H,2-4,7H2,1H3. The van der Waals surface area contributed by atoms with Crippen LogP contribution in [-0.4, -0.2) is 34.6 Å². The molecule has 0 aromatic heterocycles. The fourth-order valence-corrected chi connectivity index (χ4v) is 2.44. The van der Waals surface area contributed by atoms with E-state index in [9.17, 15) is 15.3 Å². The van der Waals surface area contributed by atoms with Crippen molar-refractivity contribution in [3.8, 4) is 17.2 Å². The maximum Gasteiger partial charge on any atom is 0.200 e. The van der Waals surface area contributed by atoms with Crippen LogP contribution in [0.2, 0.25) is 0 Å². The smallest absolute Gasteiger partial charge is 0.200 e. The Hall–Kier alpha value is -1.46. The molecule has 18 heavy (non-hydrogen) atoms. The van der Waals surface area contributed by atoms with Crippen molar-refractivity contribution in [2.24, 2.45) is 0 Å². The summed E-state index contributed by atoms with van der Waals surface area (Å²) in [6.45, 7) is 0.435. The van der Waals surface area contributed by atoms with E-state index >= 15 is 0 Å². The third-order valence-electron chi connectivity index (χ3n) is 3.52. The van der Waals surface area contributed by atoms with Crippen LogP contribution in [0.25, 0.3) is 0 Å². The molecule has 2 unspecified atom stereocenters. The number of methoxy groups -OCH3 is 1. The lowest BCUT2D eigenvalue weighted by molar-refractivity contribution is 0.0846. The summed E-state index contributed by atoms with van der Waals surface area (Å²) in [7, 11) is 1.70. The van der Waals surface area contributed by atoms with Crippen molar-refractivity contribution < 1.29 is 20.1 Å². The van der Waals surface area contributed by atoms with Gasteiger partial charge in [-0.15, -0.1) is 0 Å². The van der Waals surface area contributed by atoms with Gasteiger partial charge in [0.2, 0.25) is 5.75 Å². The van der Waals surface area contributed by atoms with Gasteiger partial charge in [0.25, 0.3) is 0 Å². The van der Waals surface area contributed by atoms with Crippen LogP contribution >= 0.6 is 0 Å². The summed E-state index contributed by atoms with van der Waals surface area (Å²) in [5.41, 5.74) is 0.562. The van der Waals surface area contributed by atoms with Gasteiger partial charge in [0.05, 0.1) is 6.10 Å². The zero-order valence-corrected chi connectivity index (χ0v) is 10.4. The number of benzene rings is 1. The molecule has 0 spiro atoms. The van der Waals surface area contributed by atoms with E-state index < -0.39 is 5.75 Å². The summed E-state index contributed by atoms with van der Waals surface area (Å²) < 4.78 is 5.37. The molecule has 0 saturated heterocycles. The summed E-state index contributed by atoms with van der Waals surface area (Å²) in [6.07, 6.45) is 3.42. The minimum Gasteiger partial charge on any atom is -0.504 e. The van der Waals surface area contributed by atoms with E-state index in [0.717, 1.165) is 19.3 Å². The zero-order chi connectivity index (χ0) is 13.1. The Labute approximate surface area is 106 Å². The molecule has 100 valence electrons. The molecule has 0 bridgehead atoms. The van der Waals surface area contributed by atoms with Crippen LogP contribution in [0, 0.1) is 0 Å². The van der Waals surface area contributed by atoms with Crippen LogP contribution in [0.4, 0.5) is 0 Å². The van der Waals surface area contributed by atoms with Gasteiger partial charge in [-0.25, -0.2) is 0 Å². The van der Waals surface area contributed by atoms with Crippen molar-refractivity contribution in [3.63, 3.8) is 0 Å². The first-order valence-electron chi connectivity index (χ1n) is 6.12. The lowest BCUT2D eigenvalue weighted by Gasteiger charge is -2.20. The highest BCUT2D eigenvalue weighted by atomic mass is 16.5. The van der Waals surface area contributed by atoms with Crippen molar-refractivity contribution in [2.75, 3.05) is 7.11 Å². The highest BCUT2D eigenvalue weighted by molar-refractivity contribution is 5.53. The lowest BCUT2D eigenvalue weighted by atomic mass is 10.1. The molecule has 1 aromatic rings. The third kappa shape index (κ3) is 2.52. The summed E-state index contributed by atoms with van der Waals surface area (Å²) in [5.74, 6) is -1.05. The van der Waals surface area contributed by atoms with Gasteiger partial charge in [0.15, 0.2) is 11.5 Å². The highest BCUT2D eigenvalue weighted by Gasteiger charge is 2.26. The molecule has 1 aliphatic rings. The van der Waals surface area contributed by atoms with Crippen molar-refractivity contribution in [1.29, 1.82) is 0 Å². The van der Waals surface area contributed by atoms with Gasteiger partial charge < -0.3 is 25.4 Å². The zero-order valence-electron chi connectivity index (χ0n) is 10.4. The Kier molecular flexibility index (Phi) is 3.93. The molecule has 1 aliphatic carbocycles. The van der Waals surface area contributed by atoms with Crippen LogP contribution in [-0.2, 0) is 11.3 Å². The highest BCUT2D eigenvalue weighted by Crippen LogP contribution is 2.37. The van der Waals surface area contributed by atoms with Crippen molar-refractivity contribution in [2.45, 2.75) is 38.0 Å². The fraction of sp³-hybridized carbons (Fsp3) is 0.538. The number of rotatable bonds is 4. The maximum absolute atomic E-state index is 9.69. The van der Waals surface area contributed by atoms with E-state index in [-0.39, 0.29) is 23.6 Å². The Morgan fingerprint density at radius 2 is 2.00 bits per heavy atom. The number of nitrogens with one attached hydrogen (secondary N) is 1. The first-order chi connectivity index (χ1) is 8.63. The number of phenols is 3. The number of hydrogen-bond acceptors (Lipinski definition) is 5. The van der Waals surface area contributed by atoms with E-state index in [1.807, 2.05) is 0 Å². The van der Waals surface area contributed by atoms with Crippen molar-refractivity contribution in [3.05, 3.63) is 17.7 Å². The topological polar surface area (TPSA) is 82.0 Å². The Morgan fingerprint density at radius 3 is 2.72 bits per heavy atom. The molecule has 0 radical (unpaired) electrons. The second-order valence-corrected chi connectivity index (χ2v) is 4.63. The van der Waals surface area contributed by atoms with Gasteiger partial charge in [-0.1, -0.05) is 6.07 Å². The second kappa shape index (κ2) is 5.46. The Bertz CT molecular complexity index is 422. The van der Waals surface area contributed by atoms with Crippen LogP contribution in [0.15, 0.2) is 12.1 Å². The lowest BCUT2D eigenvalue weighted by Crippen LogP contribution is -2.36. The third-order valence-corrected chi connectivity index (χ3v) is 3.52. The molecule has 5 heteroatoms. The van der Waals surface area contributed by atoms with E-state index in [1.165, 1.54) is 6.07 Å². The monoisotopic (exact) mass is 253 g/mol. The molecule has 4 N–H and O–H groups in total. The molecule has 1 fully saturated rings. The molecule has 2 rings (SSSR count). The summed E-state index contributed by atoms with van der Waals surface area (Å²) in [6, 6.07) is 3.23. The van der Waals surface area contributed by atoms with E-state index in [1.54, 1.807) is 13.2 Å². The van der Waals surface area contributed by atoms with Crippen LogP contribution < -0.4 is 5.32 Å².